The van der Waals surface area contributed by atoms with Gasteiger partial charge in [0.25, 0.3) is 0 Å². The highest BCUT2D eigenvalue weighted by molar-refractivity contribution is 6.13. The summed E-state index contributed by atoms with van der Waals surface area (Å²) < 4.78 is 5.01. The molecule has 0 saturated carbocycles. The summed E-state index contributed by atoms with van der Waals surface area (Å²) in [7, 11) is 1.38. The van der Waals surface area contributed by atoms with E-state index in [1.807, 2.05) is 0 Å². The quantitative estimate of drug-likeness (QED) is 0.276. The van der Waals surface area contributed by atoms with E-state index in [2.05, 4.69) is 0 Å². The van der Waals surface area contributed by atoms with Crippen molar-refractivity contribution >= 4 is 36.0 Å². The van der Waals surface area contributed by atoms with E-state index in [-0.39, 0.29) is 35.7 Å². The van der Waals surface area contributed by atoms with Crippen LogP contribution < -0.4 is 4.74 Å². The largest absolute Gasteiger partial charge is 0.507 e. The van der Waals surface area contributed by atoms with Crippen LogP contribution in [0.15, 0.2) is 48.6 Å². The fourth-order valence-electron chi connectivity index (χ4n) is 2.85. The number of carbonyl (C=O) groups is 4. The fraction of sp³-hybridized carbons (Fsp3) is 0.167. The average Bonchev–Trinajstić information content (AvgIpc) is 2.77. The molecule has 0 aliphatic carbocycles. The van der Waals surface area contributed by atoms with Gasteiger partial charge in [0, 0.05) is 6.42 Å². The number of hydrogen-bond acceptors (Lipinski definition) is 7. The van der Waals surface area contributed by atoms with E-state index < -0.39 is 23.5 Å². The molecule has 8 heteroatoms. The number of methoxy groups -OCH3 is 1. The van der Waals surface area contributed by atoms with E-state index in [1.54, 1.807) is 6.07 Å². The van der Waals surface area contributed by atoms with Crippen LogP contribution in [0.25, 0.3) is 12.2 Å². The minimum atomic E-state index is -1.21. The summed E-state index contributed by atoms with van der Waals surface area (Å²) >= 11 is 0. The first-order valence-corrected chi connectivity index (χ1v) is 9.56. The molecule has 2 rings (SSSR count). The van der Waals surface area contributed by atoms with Gasteiger partial charge < -0.3 is 20.1 Å². The third-order valence-electron chi connectivity index (χ3n) is 4.60. The van der Waals surface area contributed by atoms with Crippen LogP contribution in [0, 0.1) is 5.92 Å². The normalized spacial score (nSPS) is 12.0. The standard InChI is InChI=1S/C24H22O8/c1-32-23-13-16(5-10-22(23)29)4-9-21(28)18(6-11-24(30)31)20(27)8-3-15-2-7-19(26)17(12-15)14-25/h2-5,7-10,12-14,18,26,29H,6,11H2,1H3,(H,30,31). The lowest BCUT2D eigenvalue weighted by Gasteiger charge is -2.09. The smallest absolute Gasteiger partial charge is 0.303 e. The molecule has 0 spiro atoms. The van der Waals surface area contributed by atoms with Gasteiger partial charge in [0.05, 0.1) is 18.6 Å². The van der Waals surface area contributed by atoms with Crippen molar-refractivity contribution in [3.63, 3.8) is 0 Å². The monoisotopic (exact) mass is 438 g/mol. The molecular weight excluding hydrogens is 416 g/mol. The maximum absolute atomic E-state index is 12.7. The molecule has 0 heterocycles. The molecule has 0 aliphatic heterocycles. The van der Waals surface area contributed by atoms with Crippen molar-refractivity contribution in [3.05, 3.63) is 65.2 Å². The molecule has 0 fully saturated rings. The topological polar surface area (TPSA) is 138 Å². The number of allylic oxidation sites excluding steroid dienone is 2. The minimum absolute atomic E-state index is 0.0466. The van der Waals surface area contributed by atoms with E-state index in [0.29, 0.717) is 17.4 Å². The number of aromatic hydroxyl groups is 2. The maximum Gasteiger partial charge on any atom is 0.303 e. The van der Waals surface area contributed by atoms with Gasteiger partial charge in [0.15, 0.2) is 29.4 Å². The Morgan fingerprint density at radius 2 is 1.50 bits per heavy atom. The van der Waals surface area contributed by atoms with Crippen LogP contribution in [0.5, 0.6) is 17.2 Å². The Kier molecular flexibility index (Phi) is 8.47. The molecule has 0 aromatic heterocycles. The van der Waals surface area contributed by atoms with Crippen LogP contribution in [0.2, 0.25) is 0 Å². The number of carboxylic acids is 1. The van der Waals surface area contributed by atoms with Crippen LogP contribution in [0.4, 0.5) is 0 Å². The summed E-state index contributed by atoms with van der Waals surface area (Å²) in [5.41, 5.74) is 1.04. The number of carbonyl (C=O) groups excluding carboxylic acids is 3. The average molecular weight is 438 g/mol. The van der Waals surface area contributed by atoms with E-state index in [1.165, 1.54) is 55.7 Å². The van der Waals surface area contributed by atoms with Crippen molar-refractivity contribution in [2.45, 2.75) is 12.8 Å². The van der Waals surface area contributed by atoms with Crippen LogP contribution in [0.3, 0.4) is 0 Å². The second kappa shape index (κ2) is 11.3. The summed E-state index contributed by atoms with van der Waals surface area (Å²) in [5, 5.41) is 28.1. The van der Waals surface area contributed by atoms with Crippen molar-refractivity contribution in [1.82, 2.24) is 0 Å². The van der Waals surface area contributed by atoms with Gasteiger partial charge in [-0.25, -0.2) is 0 Å². The highest BCUT2D eigenvalue weighted by Crippen LogP contribution is 2.27. The van der Waals surface area contributed by atoms with Crippen molar-refractivity contribution in [3.8, 4) is 17.2 Å². The Bertz CT molecular complexity index is 1080. The number of benzene rings is 2. The van der Waals surface area contributed by atoms with Gasteiger partial charge in [-0.05, 0) is 54.0 Å². The SMILES string of the molecule is COc1cc(C=CC(=O)C(CCC(=O)O)C(=O)C=Cc2ccc(O)c(C=O)c2)ccc1O. The first-order chi connectivity index (χ1) is 15.2. The molecular formula is C24H22O8. The second-order valence-corrected chi connectivity index (χ2v) is 6.82. The molecule has 3 N–H and O–H groups in total. The Labute approximate surface area is 184 Å². The highest BCUT2D eigenvalue weighted by atomic mass is 16.5. The Balaban J connectivity index is 2.22. The van der Waals surface area contributed by atoms with E-state index in [9.17, 15) is 29.4 Å². The first-order valence-electron chi connectivity index (χ1n) is 9.56. The number of hydrogen-bond donors (Lipinski definition) is 3. The summed E-state index contributed by atoms with van der Waals surface area (Å²) in [6.07, 6.45) is 5.05. The van der Waals surface area contributed by atoms with Gasteiger partial charge in [-0.1, -0.05) is 24.3 Å². The van der Waals surface area contributed by atoms with E-state index in [0.717, 1.165) is 6.08 Å². The van der Waals surface area contributed by atoms with Crippen molar-refractivity contribution in [2.75, 3.05) is 7.11 Å². The molecule has 0 amide bonds. The summed E-state index contributed by atoms with van der Waals surface area (Å²) in [6.45, 7) is 0. The molecule has 2 aromatic rings. The molecule has 0 saturated heterocycles. The highest BCUT2D eigenvalue weighted by Gasteiger charge is 2.23. The lowest BCUT2D eigenvalue weighted by atomic mass is 9.92. The molecule has 32 heavy (non-hydrogen) atoms. The molecule has 0 radical (unpaired) electrons. The molecule has 0 bridgehead atoms. The Morgan fingerprint density at radius 1 is 0.938 bits per heavy atom. The lowest BCUT2D eigenvalue weighted by molar-refractivity contribution is -0.137. The van der Waals surface area contributed by atoms with Gasteiger partial charge >= 0.3 is 5.97 Å². The number of phenols is 2. The molecule has 1 atom stereocenters. The predicted octanol–water partition coefficient (Wildman–Crippen LogP) is 3.26. The lowest BCUT2D eigenvalue weighted by Crippen LogP contribution is -2.22. The summed E-state index contributed by atoms with van der Waals surface area (Å²) in [6, 6.07) is 8.60. The first kappa shape index (κ1) is 24.1. The Morgan fingerprint density at radius 3 is 2.03 bits per heavy atom. The second-order valence-electron chi connectivity index (χ2n) is 6.82. The van der Waals surface area contributed by atoms with Crippen molar-refractivity contribution < 1.29 is 39.2 Å². The zero-order valence-corrected chi connectivity index (χ0v) is 17.2. The molecule has 0 aliphatic rings. The Hall–Kier alpha value is -4.20. The number of carboxylic acid groups (broad SMARTS) is 1. The fourth-order valence-corrected chi connectivity index (χ4v) is 2.85. The summed E-state index contributed by atoms with van der Waals surface area (Å²) in [5.74, 6) is -3.57. The van der Waals surface area contributed by atoms with Crippen molar-refractivity contribution in [1.29, 1.82) is 0 Å². The third kappa shape index (κ3) is 6.66. The predicted molar refractivity (Wildman–Crippen MR) is 117 cm³/mol. The van der Waals surface area contributed by atoms with Gasteiger partial charge in [0.2, 0.25) is 0 Å². The van der Waals surface area contributed by atoms with Gasteiger partial charge in [-0.2, -0.15) is 0 Å². The number of phenolic OH excluding ortho intramolecular Hbond substituents is 2. The third-order valence-corrected chi connectivity index (χ3v) is 4.60. The zero-order valence-electron chi connectivity index (χ0n) is 17.2. The van der Waals surface area contributed by atoms with Crippen molar-refractivity contribution in [2.24, 2.45) is 5.92 Å². The zero-order chi connectivity index (χ0) is 23.7. The van der Waals surface area contributed by atoms with Gasteiger partial charge in [-0.15, -0.1) is 0 Å². The number of ether oxygens (including phenoxy) is 1. The van der Waals surface area contributed by atoms with Crippen LogP contribution >= 0.6 is 0 Å². The maximum atomic E-state index is 12.7. The van der Waals surface area contributed by atoms with Gasteiger partial charge in [0.1, 0.15) is 5.75 Å². The molecule has 2 aromatic carbocycles. The van der Waals surface area contributed by atoms with Crippen LogP contribution in [-0.2, 0) is 14.4 Å². The summed E-state index contributed by atoms with van der Waals surface area (Å²) in [4.78, 5) is 47.2. The number of ketones is 2. The number of rotatable bonds is 11. The number of aldehydes is 1. The van der Waals surface area contributed by atoms with E-state index >= 15 is 0 Å². The van der Waals surface area contributed by atoms with E-state index in [4.69, 9.17) is 9.84 Å². The molecule has 1 unspecified atom stereocenters. The minimum Gasteiger partial charge on any atom is -0.507 e. The van der Waals surface area contributed by atoms with Crippen LogP contribution in [-0.4, -0.2) is 46.3 Å². The number of aliphatic carboxylic acids is 1. The molecule has 8 nitrogen and oxygen atoms in total. The van der Waals surface area contributed by atoms with Crippen LogP contribution in [0.1, 0.15) is 34.3 Å². The molecule has 166 valence electrons. The van der Waals surface area contributed by atoms with Gasteiger partial charge in [-0.3, -0.25) is 19.2 Å².